The normalized spacial score (nSPS) is 23.1. The quantitative estimate of drug-likeness (QED) is 0.890. The first kappa shape index (κ1) is 14.4. The van der Waals surface area contributed by atoms with Crippen molar-refractivity contribution < 1.29 is 4.79 Å². The Morgan fingerprint density at radius 2 is 2.16 bits per heavy atom. The number of nitrogens with one attached hydrogen (secondary N) is 2. The van der Waals surface area contributed by atoms with E-state index < -0.39 is 0 Å². The maximum atomic E-state index is 11.9. The van der Waals surface area contributed by atoms with Gasteiger partial charge in [-0.2, -0.15) is 0 Å². The fraction of sp³-hybridized carbons (Fsp3) is 0.533. The second kappa shape index (κ2) is 6.92. The van der Waals surface area contributed by atoms with Crippen LogP contribution < -0.4 is 10.6 Å². The molecule has 3 nitrogen and oxygen atoms in total. The minimum absolute atomic E-state index is 0.147. The Hall–Kier alpha value is -1.06. The first-order valence-electron chi connectivity index (χ1n) is 6.90. The van der Waals surface area contributed by atoms with Crippen molar-refractivity contribution in [3.63, 3.8) is 0 Å². The van der Waals surface area contributed by atoms with E-state index in [1.54, 1.807) is 0 Å². The molecule has 19 heavy (non-hydrogen) atoms. The molecule has 0 aliphatic carbocycles. The highest BCUT2D eigenvalue weighted by Crippen LogP contribution is 2.12. The first-order valence-corrected chi connectivity index (χ1v) is 7.28. The van der Waals surface area contributed by atoms with Crippen LogP contribution in [0.25, 0.3) is 0 Å². The summed E-state index contributed by atoms with van der Waals surface area (Å²) >= 11 is 5.83. The molecular formula is C15H21ClN2O. The highest BCUT2D eigenvalue weighted by Gasteiger charge is 2.19. The molecule has 0 radical (unpaired) electrons. The van der Waals surface area contributed by atoms with E-state index in [9.17, 15) is 4.79 Å². The lowest BCUT2D eigenvalue weighted by molar-refractivity contribution is -0.122. The maximum Gasteiger partial charge on any atom is 0.220 e. The zero-order chi connectivity index (χ0) is 13.7. The van der Waals surface area contributed by atoms with Crippen LogP contribution in [0.3, 0.4) is 0 Å². The molecule has 0 spiro atoms. The zero-order valence-corrected chi connectivity index (χ0v) is 12.0. The third-order valence-corrected chi connectivity index (χ3v) is 3.79. The van der Waals surface area contributed by atoms with Crippen molar-refractivity contribution in [3.8, 4) is 0 Å². The average Bonchev–Trinajstić information content (AvgIpc) is 2.38. The topological polar surface area (TPSA) is 41.1 Å². The van der Waals surface area contributed by atoms with Crippen LogP contribution in [0.4, 0.5) is 0 Å². The molecular weight excluding hydrogens is 260 g/mol. The van der Waals surface area contributed by atoms with Crippen LogP contribution in [0.15, 0.2) is 24.3 Å². The minimum Gasteiger partial charge on any atom is -0.353 e. The minimum atomic E-state index is 0.147. The fourth-order valence-corrected chi connectivity index (χ4v) is 2.60. The number of carbonyl (C=O) groups excluding carboxylic acids is 1. The Morgan fingerprint density at radius 3 is 2.84 bits per heavy atom. The van der Waals surface area contributed by atoms with Gasteiger partial charge in [0.25, 0.3) is 0 Å². The highest BCUT2D eigenvalue weighted by atomic mass is 35.5. The summed E-state index contributed by atoms with van der Waals surface area (Å²) in [4.78, 5) is 11.9. The summed E-state index contributed by atoms with van der Waals surface area (Å²) in [6.07, 6.45) is 3.35. The molecule has 0 saturated carbocycles. The number of aryl methyl sites for hydroxylation is 1. The fourth-order valence-electron chi connectivity index (χ4n) is 2.47. The Bertz CT molecular complexity index is 419. The standard InChI is InChI=1S/C15H21ClN2O/c1-11-10-14(8-9-17-11)18-15(19)7-4-12-2-5-13(16)6-3-12/h2-3,5-6,11,14,17H,4,7-10H2,1H3,(H,18,19). The molecule has 2 rings (SSSR count). The Morgan fingerprint density at radius 1 is 1.42 bits per heavy atom. The van der Waals surface area contributed by atoms with Gasteiger partial charge in [0.2, 0.25) is 5.91 Å². The van der Waals surface area contributed by atoms with Crippen molar-refractivity contribution in [3.05, 3.63) is 34.9 Å². The van der Waals surface area contributed by atoms with E-state index in [0.717, 1.165) is 36.4 Å². The highest BCUT2D eigenvalue weighted by molar-refractivity contribution is 6.30. The number of carbonyl (C=O) groups is 1. The summed E-state index contributed by atoms with van der Waals surface area (Å²) in [5.74, 6) is 0.147. The van der Waals surface area contributed by atoms with Gasteiger partial charge in [-0.05, 0) is 50.4 Å². The van der Waals surface area contributed by atoms with Crippen molar-refractivity contribution in [2.75, 3.05) is 6.54 Å². The predicted octanol–water partition coefficient (Wildman–Crippen LogP) is 2.53. The Labute approximate surface area is 119 Å². The third kappa shape index (κ3) is 4.84. The molecule has 4 heteroatoms. The number of hydrogen-bond donors (Lipinski definition) is 2. The van der Waals surface area contributed by atoms with Gasteiger partial charge in [0, 0.05) is 23.5 Å². The van der Waals surface area contributed by atoms with Crippen molar-refractivity contribution >= 4 is 17.5 Å². The average molecular weight is 281 g/mol. The molecule has 104 valence electrons. The molecule has 2 unspecified atom stereocenters. The van der Waals surface area contributed by atoms with Gasteiger partial charge in [0.1, 0.15) is 0 Å². The molecule has 1 aliphatic rings. The maximum absolute atomic E-state index is 11.9. The molecule has 2 N–H and O–H groups in total. The van der Waals surface area contributed by atoms with E-state index in [-0.39, 0.29) is 5.91 Å². The van der Waals surface area contributed by atoms with E-state index in [1.807, 2.05) is 24.3 Å². The molecule has 1 amide bonds. The molecule has 1 aromatic rings. The molecule has 0 bridgehead atoms. The van der Waals surface area contributed by atoms with Crippen LogP contribution in [-0.4, -0.2) is 24.5 Å². The van der Waals surface area contributed by atoms with E-state index in [1.165, 1.54) is 0 Å². The van der Waals surface area contributed by atoms with Crippen molar-refractivity contribution in [2.45, 2.75) is 44.7 Å². The van der Waals surface area contributed by atoms with Gasteiger partial charge in [0.05, 0.1) is 0 Å². The van der Waals surface area contributed by atoms with Crippen LogP contribution >= 0.6 is 11.6 Å². The van der Waals surface area contributed by atoms with Gasteiger partial charge >= 0.3 is 0 Å². The lowest BCUT2D eigenvalue weighted by Gasteiger charge is -2.28. The van der Waals surface area contributed by atoms with Gasteiger partial charge in [-0.1, -0.05) is 23.7 Å². The molecule has 1 fully saturated rings. The van der Waals surface area contributed by atoms with Gasteiger partial charge in [-0.25, -0.2) is 0 Å². The number of halogens is 1. The van der Waals surface area contributed by atoms with Crippen LogP contribution in [0.5, 0.6) is 0 Å². The summed E-state index contributed by atoms with van der Waals surface area (Å²) in [5.41, 5.74) is 1.15. The monoisotopic (exact) mass is 280 g/mol. The second-order valence-electron chi connectivity index (χ2n) is 5.27. The Balaban J connectivity index is 1.73. The van der Waals surface area contributed by atoms with Crippen LogP contribution in [0, 0.1) is 0 Å². The summed E-state index contributed by atoms with van der Waals surface area (Å²) in [7, 11) is 0. The van der Waals surface area contributed by atoms with Crippen LogP contribution in [0.2, 0.25) is 5.02 Å². The number of hydrogen-bond acceptors (Lipinski definition) is 2. The van der Waals surface area contributed by atoms with E-state index in [4.69, 9.17) is 11.6 Å². The largest absolute Gasteiger partial charge is 0.353 e. The number of rotatable bonds is 4. The zero-order valence-electron chi connectivity index (χ0n) is 11.3. The van der Waals surface area contributed by atoms with Gasteiger partial charge < -0.3 is 10.6 Å². The third-order valence-electron chi connectivity index (χ3n) is 3.54. The van der Waals surface area contributed by atoms with Crippen LogP contribution in [-0.2, 0) is 11.2 Å². The number of amides is 1. The number of benzene rings is 1. The molecule has 1 heterocycles. The smallest absolute Gasteiger partial charge is 0.220 e. The van der Waals surface area contributed by atoms with Gasteiger partial charge in [-0.15, -0.1) is 0 Å². The first-order chi connectivity index (χ1) is 9.13. The summed E-state index contributed by atoms with van der Waals surface area (Å²) in [5, 5.41) is 7.24. The second-order valence-corrected chi connectivity index (χ2v) is 5.71. The van der Waals surface area contributed by atoms with Crippen molar-refractivity contribution in [1.82, 2.24) is 10.6 Å². The number of piperidine rings is 1. The van der Waals surface area contributed by atoms with E-state index >= 15 is 0 Å². The predicted molar refractivity (Wildman–Crippen MR) is 78.4 cm³/mol. The van der Waals surface area contributed by atoms with E-state index in [2.05, 4.69) is 17.6 Å². The lowest BCUT2D eigenvalue weighted by Crippen LogP contribution is -2.46. The van der Waals surface area contributed by atoms with Crippen molar-refractivity contribution in [1.29, 1.82) is 0 Å². The van der Waals surface area contributed by atoms with Gasteiger partial charge in [0.15, 0.2) is 0 Å². The van der Waals surface area contributed by atoms with Crippen molar-refractivity contribution in [2.24, 2.45) is 0 Å². The SMILES string of the molecule is CC1CC(NC(=O)CCc2ccc(Cl)cc2)CCN1. The molecule has 1 saturated heterocycles. The summed E-state index contributed by atoms with van der Waals surface area (Å²) in [6, 6.07) is 8.50. The summed E-state index contributed by atoms with van der Waals surface area (Å²) in [6.45, 7) is 3.15. The van der Waals surface area contributed by atoms with Crippen LogP contribution in [0.1, 0.15) is 31.7 Å². The van der Waals surface area contributed by atoms with E-state index in [0.29, 0.717) is 18.5 Å². The molecule has 0 aromatic heterocycles. The molecule has 2 atom stereocenters. The molecule has 1 aromatic carbocycles. The lowest BCUT2D eigenvalue weighted by atomic mass is 10.0. The van der Waals surface area contributed by atoms with Gasteiger partial charge in [-0.3, -0.25) is 4.79 Å². The molecule has 1 aliphatic heterocycles. The Kier molecular flexibility index (Phi) is 5.23. The summed E-state index contributed by atoms with van der Waals surface area (Å²) < 4.78 is 0.